The Labute approximate surface area is 123 Å². The van der Waals surface area contributed by atoms with Gasteiger partial charge in [-0.25, -0.2) is 0 Å². The molecule has 1 amide bonds. The first-order chi connectivity index (χ1) is 9.06. The number of likely N-dealkylation sites (tertiary alicyclic amines) is 1. The summed E-state index contributed by atoms with van der Waals surface area (Å²) in [4.78, 5) is 14.2. The van der Waals surface area contributed by atoms with Crippen molar-refractivity contribution in [3.05, 3.63) is 34.3 Å². The smallest absolute Gasteiger partial charge is 0.253 e. The Morgan fingerprint density at radius 1 is 1.26 bits per heavy atom. The van der Waals surface area contributed by atoms with Crippen LogP contribution in [0.3, 0.4) is 0 Å². The van der Waals surface area contributed by atoms with Gasteiger partial charge in [0, 0.05) is 23.1 Å². The second kappa shape index (κ2) is 6.53. The summed E-state index contributed by atoms with van der Waals surface area (Å²) in [5.74, 6) is 0.121. The van der Waals surface area contributed by atoms with Gasteiger partial charge >= 0.3 is 0 Å². The van der Waals surface area contributed by atoms with Crippen LogP contribution in [-0.2, 0) is 4.74 Å². The maximum atomic E-state index is 12.3. The maximum Gasteiger partial charge on any atom is 0.253 e. The standard InChI is InChI=1S/C15H20BrNO2/c1-11(2)19-14-7-9-17(10-8-14)15(18)12-3-5-13(16)6-4-12/h3-6,11,14H,7-10H2,1-2H3. The van der Waals surface area contributed by atoms with Crippen LogP contribution in [-0.4, -0.2) is 36.1 Å². The van der Waals surface area contributed by atoms with Crippen molar-refractivity contribution in [2.24, 2.45) is 0 Å². The fourth-order valence-electron chi connectivity index (χ4n) is 2.35. The zero-order valence-electron chi connectivity index (χ0n) is 11.4. The van der Waals surface area contributed by atoms with E-state index < -0.39 is 0 Å². The molecular formula is C15H20BrNO2. The molecule has 1 heterocycles. The van der Waals surface area contributed by atoms with Crippen molar-refractivity contribution in [1.29, 1.82) is 0 Å². The van der Waals surface area contributed by atoms with Crippen LogP contribution in [0.25, 0.3) is 0 Å². The molecule has 104 valence electrons. The molecule has 1 aromatic carbocycles. The number of nitrogens with zero attached hydrogens (tertiary/aromatic N) is 1. The lowest BCUT2D eigenvalue weighted by Gasteiger charge is -2.32. The molecule has 0 aromatic heterocycles. The minimum atomic E-state index is 0.121. The molecule has 0 atom stereocenters. The van der Waals surface area contributed by atoms with Gasteiger partial charge in [0.05, 0.1) is 12.2 Å². The van der Waals surface area contributed by atoms with Gasteiger partial charge in [-0.15, -0.1) is 0 Å². The van der Waals surface area contributed by atoms with Crippen LogP contribution in [0.5, 0.6) is 0 Å². The van der Waals surface area contributed by atoms with E-state index in [9.17, 15) is 4.79 Å². The molecule has 1 aromatic rings. The zero-order valence-corrected chi connectivity index (χ0v) is 13.0. The lowest BCUT2D eigenvalue weighted by molar-refractivity contribution is -0.0236. The number of ether oxygens (including phenoxy) is 1. The Balaban J connectivity index is 1.90. The molecule has 1 fully saturated rings. The minimum absolute atomic E-state index is 0.121. The van der Waals surface area contributed by atoms with Crippen LogP contribution in [0.4, 0.5) is 0 Å². The molecule has 1 saturated heterocycles. The molecule has 0 unspecified atom stereocenters. The number of halogens is 1. The van der Waals surface area contributed by atoms with E-state index in [1.165, 1.54) is 0 Å². The molecular weight excluding hydrogens is 306 g/mol. The molecule has 0 N–H and O–H groups in total. The van der Waals surface area contributed by atoms with Crippen molar-refractivity contribution in [2.75, 3.05) is 13.1 Å². The van der Waals surface area contributed by atoms with Crippen molar-refractivity contribution in [2.45, 2.75) is 38.9 Å². The second-order valence-electron chi connectivity index (χ2n) is 5.18. The summed E-state index contributed by atoms with van der Waals surface area (Å²) in [5, 5.41) is 0. The van der Waals surface area contributed by atoms with Crippen molar-refractivity contribution < 1.29 is 9.53 Å². The summed E-state index contributed by atoms with van der Waals surface area (Å²) in [6.07, 6.45) is 2.42. The highest BCUT2D eigenvalue weighted by atomic mass is 79.9. The van der Waals surface area contributed by atoms with E-state index in [2.05, 4.69) is 29.8 Å². The van der Waals surface area contributed by atoms with E-state index in [1.807, 2.05) is 29.2 Å². The molecule has 2 rings (SSSR count). The van der Waals surface area contributed by atoms with Crippen LogP contribution in [0.1, 0.15) is 37.0 Å². The monoisotopic (exact) mass is 325 g/mol. The molecule has 3 nitrogen and oxygen atoms in total. The Hall–Kier alpha value is -0.870. The van der Waals surface area contributed by atoms with Gasteiger partial charge < -0.3 is 9.64 Å². The number of benzene rings is 1. The topological polar surface area (TPSA) is 29.5 Å². The summed E-state index contributed by atoms with van der Waals surface area (Å²) < 4.78 is 6.79. The SMILES string of the molecule is CC(C)OC1CCN(C(=O)c2ccc(Br)cc2)CC1. The van der Waals surface area contributed by atoms with Gasteiger partial charge in [-0.3, -0.25) is 4.79 Å². The van der Waals surface area contributed by atoms with E-state index in [-0.39, 0.29) is 12.0 Å². The number of carbonyl (C=O) groups is 1. The highest BCUT2D eigenvalue weighted by Crippen LogP contribution is 2.18. The summed E-state index contributed by atoms with van der Waals surface area (Å²) >= 11 is 3.38. The van der Waals surface area contributed by atoms with Crippen LogP contribution < -0.4 is 0 Å². The first-order valence-corrected chi connectivity index (χ1v) is 7.56. The average Bonchev–Trinajstić information content (AvgIpc) is 2.39. The van der Waals surface area contributed by atoms with Gasteiger partial charge in [-0.2, -0.15) is 0 Å². The predicted octanol–water partition coefficient (Wildman–Crippen LogP) is 3.48. The quantitative estimate of drug-likeness (QED) is 0.851. The Kier molecular flexibility index (Phi) is 4.99. The third kappa shape index (κ3) is 4.05. The number of hydrogen-bond acceptors (Lipinski definition) is 2. The fourth-order valence-corrected chi connectivity index (χ4v) is 2.62. The van der Waals surface area contributed by atoms with Crippen molar-refractivity contribution >= 4 is 21.8 Å². The van der Waals surface area contributed by atoms with Gasteiger partial charge in [0.25, 0.3) is 5.91 Å². The van der Waals surface area contributed by atoms with Gasteiger partial charge in [0.15, 0.2) is 0 Å². The van der Waals surface area contributed by atoms with Crippen molar-refractivity contribution in [3.8, 4) is 0 Å². The Morgan fingerprint density at radius 3 is 2.37 bits per heavy atom. The van der Waals surface area contributed by atoms with Crippen LogP contribution in [0, 0.1) is 0 Å². The van der Waals surface area contributed by atoms with Gasteiger partial charge in [-0.05, 0) is 51.0 Å². The molecule has 4 heteroatoms. The predicted molar refractivity (Wildman–Crippen MR) is 79.3 cm³/mol. The van der Waals surface area contributed by atoms with Crippen LogP contribution in [0.2, 0.25) is 0 Å². The van der Waals surface area contributed by atoms with E-state index in [0.717, 1.165) is 36.0 Å². The Morgan fingerprint density at radius 2 is 1.84 bits per heavy atom. The largest absolute Gasteiger partial charge is 0.375 e. The van der Waals surface area contributed by atoms with Crippen molar-refractivity contribution in [3.63, 3.8) is 0 Å². The second-order valence-corrected chi connectivity index (χ2v) is 6.10. The summed E-state index contributed by atoms with van der Waals surface area (Å²) in [6, 6.07) is 7.54. The summed E-state index contributed by atoms with van der Waals surface area (Å²) in [6.45, 7) is 5.68. The van der Waals surface area contributed by atoms with Crippen LogP contribution in [0.15, 0.2) is 28.7 Å². The van der Waals surface area contributed by atoms with Crippen molar-refractivity contribution in [1.82, 2.24) is 4.90 Å². The maximum absolute atomic E-state index is 12.3. The molecule has 0 spiro atoms. The van der Waals surface area contributed by atoms with E-state index >= 15 is 0 Å². The molecule has 0 aliphatic carbocycles. The lowest BCUT2D eigenvalue weighted by atomic mass is 10.1. The first kappa shape index (κ1) is 14.5. The van der Waals surface area contributed by atoms with Gasteiger partial charge in [0.2, 0.25) is 0 Å². The summed E-state index contributed by atoms with van der Waals surface area (Å²) in [5.41, 5.74) is 0.756. The van der Waals surface area contributed by atoms with Gasteiger partial charge in [0.1, 0.15) is 0 Å². The average molecular weight is 326 g/mol. The normalized spacial score (nSPS) is 16.9. The molecule has 1 aliphatic rings. The molecule has 0 saturated carbocycles. The minimum Gasteiger partial charge on any atom is -0.375 e. The molecule has 1 aliphatic heterocycles. The molecule has 19 heavy (non-hydrogen) atoms. The number of carbonyl (C=O) groups excluding carboxylic acids is 1. The fraction of sp³-hybridized carbons (Fsp3) is 0.533. The third-order valence-corrected chi connectivity index (χ3v) is 3.81. The molecule has 0 radical (unpaired) electrons. The van der Waals surface area contributed by atoms with E-state index in [1.54, 1.807) is 0 Å². The van der Waals surface area contributed by atoms with Gasteiger partial charge in [-0.1, -0.05) is 15.9 Å². The van der Waals surface area contributed by atoms with Crippen LogP contribution >= 0.6 is 15.9 Å². The summed E-state index contributed by atoms with van der Waals surface area (Å²) in [7, 11) is 0. The number of piperidine rings is 1. The highest BCUT2D eigenvalue weighted by molar-refractivity contribution is 9.10. The third-order valence-electron chi connectivity index (χ3n) is 3.28. The highest BCUT2D eigenvalue weighted by Gasteiger charge is 2.24. The molecule has 0 bridgehead atoms. The van der Waals surface area contributed by atoms with E-state index in [4.69, 9.17) is 4.74 Å². The number of rotatable bonds is 3. The number of hydrogen-bond donors (Lipinski definition) is 0. The lowest BCUT2D eigenvalue weighted by Crippen LogP contribution is -2.41. The first-order valence-electron chi connectivity index (χ1n) is 6.76. The number of amides is 1. The van der Waals surface area contributed by atoms with E-state index in [0.29, 0.717) is 6.10 Å². The Bertz CT molecular complexity index is 422. The zero-order chi connectivity index (χ0) is 13.8.